The molecule has 0 aliphatic carbocycles. The highest BCUT2D eigenvalue weighted by atomic mass is 16.5. The molecule has 3 aromatic rings. The van der Waals surface area contributed by atoms with Gasteiger partial charge in [0, 0.05) is 16.7 Å². The van der Waals surface area contributed by atoms with Gasteiger partial charge in [-0.05, 0) is 19.1 Å². The number of para-hydroxylation sites is 1. The van der Waals surface area contributed by atoms with Crippen molar-refractivity contribution in [3.8, 4) is 0 Å². The lowest BCUT2D eigenvalue weighted by molar-refractivity contribution is 0.387. The second-order valence-corrected chi connectivity index (χ2v) is 5.43. The summed E-state index contributed by atoms with van der Waals surface area (Å²) >= 11 is 0. The highest BCUT2D eigenvalue weighted by Crippen LogP contribution is 2.37. The number of aromatic nitrogens is 1. The normalized spacial score (nSPS) is 14.8. The van der Waals surface area contributed by atoms with Crippen LogP contribution in [0.25, 0.3) is 11.6 Å². The number of aryl methyl sites for hydroxylation is 1. The molecule has 1 aliphatic heterocycles. The van der Waals surface area contributed by atoms with Crippen LogP contribution in [0.2, 0.25) is 0 Å². The van der Waals surface area contributed by atoms with E-state index in [0.29, 0.717) is 11.3 Å². The fourth-order valence-corrected chi connectivity index (χ4v) is 2.77. The Morgan fingerprint density at radius 3 is 2.52 bits per heavy atom. The molecule has 1 aromatic heterocycles. The molecular formula is C19H14N2O2. The summed E-state index contributed by atoms with van der Waals surface area (Å²) in [7, 11) is 0. The zero-order valence-electron chi connectivity index (χ0n) is 12.5. The number of rotatable bonds is 2. The summed E-state index contributed by atoms with van der Waals surface area (Å²) in [5.41, 5.74) is 5.62. The van der Waals surface area contributed by atoms with E-state index >= 15 is 0 Å². The summed E-state index contributed by atoms with van der Waals surface area (Å²) in [6.07, 6.45) is 1.86. The molecule has 0 unspecified atom stereocenters. The number of aliphatic imine (C=N–C) groups is 1. The highest BCUT2D eigenvalue weighted by Gasteiger charge is 2.22. The summed E-state index contributed by atoms with van der Waals surface area (Å²) in [5, 5.41) is 2.62. The van der Waals surface area contributed by atoms with Crippen molar-refractivity contribution in [1.29, 1.82) is 0 Å². The minimum Gasteiger partial charge on any atom is -0.338 e. The largest absolute Gasteiger partial charge is 0.364 e. The lowest BCUT2D eigenvalue weighted by Gasteiger charge is -2.05. The molecule has 1 N–H and O–H groups in total. The molecule has 0 amide bonds. The fourth-order valence-electron chi connectivity index (χ4n) is 2.77. The lowest BCUT2D eigenvalue weighted by Crippen LogP contribution is -2.03. The van der Waals surface area contributed by atoms with Gasteiger partial charge in [-0.1, -0.05) is 48.5 Å². The average Bonchev–Trinajstić information content (AvgIpc) is 3.11. The van der Waals surface area contributed by atoms with Gasteiger partial charge in [0.1, 0.15) is 0 Å². The summed E-state index contributed by atoms with van der Waals surface area (Å²) < 4.78 is 4.87. The van der Waals surface area contributed by atoms with Crippen molar-refractivity contribution in [2.75, 3.05) is 0 Å². The molecule has 2 aromatic carbocycles. The van der Waals surface area contributed by atoms with Crippen LogP contribution in [0.3, 0.4) is 0 Å². The zero-order chi connectivity index (χ0) is 15.8. The standard InChI is InChI=1S/C19H14N2O2/c1-12-15(19(22)23-21-12)11-16-14-9-5-6-10-17(14)20-18(16)13-7-3-2-4-8-13/h2-11,21H,1H3. The number of hydrogen-bond donors (Lipinski definition) is 1. The Hall–Kier alpha value is -3.14. The van der Waals surface area contributed by atoms with Crippen LogP contribution in [0, 0.1) is 6.92 Å². The first-order valence-corrected chi connectivity index (χ1v) is 7.37. The maximum atomic E-state index is 11.9. The second kappa shape index (κ2) is 5.25. The predicted molar refractivity (Wildman–Crippen MR) is 91.0 cm³/mol. The van der Waals surface area contributed by atoms with Gasteiger partial charge in [0.2, 0.25) is 0 Å². The molecule has 0 saturated carbocycles. The predicted octanol–water partition coefficient (Wildman–Crippen LogP) is 3.95. The van der Waals surface area contributed by atoms with Gasteiger partial charge >= 0.3 is 5.63 Å². The summed E-state index contributed by atoms with van der Waals surface area (Å²) in [5.74, 6) is 0. The van der Waals surface area contributed by atoms with Crippen molar-refractivity contribution < 1.29 is 4.52 Å². The molecule has 4 heteroatoms. The molecule has 112 valence electrons. The smallest absolute Gasteiger partial charge is 0.338 e. The van der Waals surface area contributed by atoms with E-state index < -0.39 is 0 Å². The molecule has 0 fully saturated rings. The Balaban J connectivity index is 1.95. The van der Waals surface area contributed by atoms with Crippen LogP contribution in [0.5, 0.6) is 0 Å². The first-order chi connectivity index (χ1) is 11.2. The van der Waals surface area contributed by atoms with Crippen LogP contribution in [0.15, 0.2) is 68.9 Å². The van der Waals surface area contributed by atoms with Crippen LogP contribution >= 0.6 is 0 Å². The lowest BCUT2D eigenvalue weighted by atomic mass is 9.96. The number of H-pyrrole nitrogens is 1. The van der Waals surface area contributed by atoms with Gasteiger partial charge in [0.15, 0.2) is 0 Å². The number of fused-ring (bicyclic) bond motifs is 1. The van der Waals surface area contributed by atoms with Crippen LogP contribution < -0.4 is 5.63 Å². The molecule has 1 aliphatic rings. The number of aromatic amines is 1. The Bertz CT molecular complexity index is 991. The van der Waals surface area contributed by atoms with Crippen molar-refractivity contribution in [2.45, 2.75) is 6.92 Å². The fraction of sp³-hybridized carbons (Fsp3) is 0.0526. The van der Waals surface area contributed by atoms with E-state index in [0.717, 1.165) is 28.1 Å². The molecule has 2 heterocycles. The number of benzene rings is 2. The summed E-state index contributed by atoms with van der Waals surface area (Å²) in [4.78, 5) is 16.6. The van der Waals surface area contributed by atoms with Gasteiger partial charge in [-0.15, -0.1) is 0 Å². The quantitative estimate of drug-likeness (QED) is 0.779. The van der Waals surface area contributed by atoms with E-state index in [4.69, 9.17) is 9.52 Å². The Morgan fingerprint density at radius 2 is 1.78 bits per heavy atom. The molecule has 4 nitrogen and oxygen atoms in total. The third-order valence-corrected chi connectivity index (χ3v) is 3.94. The first-order valence-electron chi connectivity index (χ1n) is 7.37. The average molecular weight is 302 g/mol. The van der Waals surface area contributed by atoms with Gasteiger partial charge in [0.05, 0.1) is 22.7 Å². The van der Waals surface area contributed by atoms with Crippen molar-refractivity contribution >= 4 is 23.0 Å². The van der Waals surface area contributed by atoms with Gasteiger partial charge in [0.25, 0.3) is 0 Å². The monoisotopic (exact) mass is 302 g/mol. The van der Waals surface area contributed by atoms with Crippen molar-refractivity contribution in [3.05, 3.63) is 87.4 Å². The van der Waals surface area contributed by atoms with E-state index in [9.17, 15) is 4.79 Å². The van der Waals surface area contributed by atoms with Gasteiger partial charge in [-0.25, -0.2) is 14.9 Å². The van der Waals surface area contributed by atoms with Crippen molar-refractivity contribution in [3.63, 3.8) is 0 Å². The Morgan fingerprint density at radius 1 is 1.04 bits per heavy atom. The number of nitrogens with zero attached hydrogens (tertiary/aromatic N) is 1. The second-order valence-electron chi connectivity index (χ2n) is 5.43. The van der Waals surface area contributed by atoms with Crippen molar-refractivity contribution in [2.24, 2.45) is 4.99 Å². The summed E-state index contributed by atoms with van der Waals surface area (Å²) in [6, 6.07) is 17.9. The molecule has 0 radical (unpaired) electrons. The molecule has 0 spiro atoms. The van der Waals surface area contributed by atoms with E-state index in [1.807, 2.05) is 67.6 Å². The molecule has 0 atom stereocenters. The molecule has 0 saturated heterocycles. The maximum absolute atomic E-state index is 11.9. The number of allylic oxidation sites excluding steroid dienone is 1. The number of nitrogens with one attached hydrogen (secondary N) is 1. The molecule has 0 bridgehead atoms. The van der Waals surface area contributed by atoms with Gasteiger partial charge in [-0.2, -0.15) is 0 Å². The first kappa shape index (κ1) is 13.5. The van der Waals surface area contributed by atoms with Gasteiger partial charge < -0.3 is 4.52 Å². The molecule has 23 heavy (non-hydrogen) atoms. The van der Waals surface area contributed by atoms with Crippen LogP contribution in [-0.2, 0) is 0 Å². The molecular weight excluding hydrogens is 288 g/mol. The minimum atomic E-state index is -0.369. The van der Waals surface area contributed by atoms with Crippen LogP contribution in [0.4, 0.5) is 5.69 Å². The third-order valence-electron chi connectivity index (χ3n) is 3.94. The Labute approximate surface area is 132 Å². The number of hydrogen-bond acceptors (Lipinski definition) is 3. The molecule has 4 rings (SSSR count). The summed E-state index contributed by atoms with van der Waals surface area (Å²) in [6.45, 7) is 1.82. The SMILES string of the molecule is Cc1[nH]oc(=O)c1C=C1C(c2ccccc2)=Nc2ccccc21. The maximum Gasteiger partial charge on any atom is 0.364 e. The zero-order valence-corrected chi connectivity index (χ0v) is 12.5. The van der Waals surface area contributed by atoms with Crippen LogP contribution in [0.1, 0.15) is 22.4 Å². The van der Waals surface area contributed by atoms with Crippen molar-refractivity contribution in [1.82, 2.24) is 5.16 Å². The van der Waals surface area contributed by atoms with Crippen LogP contribution in [-0.4, -0.2) is 10.9 Å². The van der Waals surface area contributed by atoms with E-state index in [1.54, 1.807) is 0 Å². The van der Waals surface area contributed by atoms with E-state index in [-0.39, 0.29) is 5.63 Å². The third kappa shape index (κ3) is 2.25. The van der Waals surface area contributed by atoms with Gasteiger partial charge in [-0.3, -0.25) is 0 Å². The van der Waals surface area contributed by atoms with E-state index in [2.05, 4.69) is 5.16 Å². The minimum absolute atomic E-state index is 0.369. The van der Waals surface area contributed by atoms with E-state index in [1.165, 1.54) is 0 Å². The Kier molecular flexibility index (Phi) is 3.08. The topological polar surface area (TPSA) is 58.4 Å². The highest BCUT2D eigenvalue weighted by molar-refractivity contribution is 6.38.